The molecule has 3 N–H and O–H groups in total. The third-order valence-corrected chi connectivity index (χ3v) is 2.48. The standard InChI is InChI=1S/C11H11N5O/c1-7-5-11(14-12)16-10(13-7)6-8(15-16)9-3-2-4-17-9/h2-6,14H,12H2,1H3. The third kappa shape index (κ3) is 1.55. The Hall–Kier alpha value is -2.34. The number of fused-ring (bicyclic) bond motifs is 1. The Labute approximate surface area is 97.0 Å². The van der Waals surface area contributed by atoms with Crippen LogP contribution in [0.1, 0.15) is 5.69 Å². The Morgan fingerprint density at radius 2 is 2.29 bits per heavy atom. The van der Waals surface area contributed by atoms with Crippen LogP contribution in [0, 0.1) is 6.92 Å². The fourth-order valence-corrected chi connectivity index (χ4v) is 1.75. The van der Waals surface area contributed by atoms with Crippen LogP contribution >= 0.6 is 0 Å². The number of aryl methyl sites for hydroxylation is 1. The van der Waals surface area contributed by atoms with Gasteiger partial charge in [0.1, 0.15) is 11.5 Å². The van der Waals surface area contributed by atoms with E-state index in [2.05, 4.69) is 15.5 Å². The maximum absolute atomic E-state index is 5.45. The smallest absolute Gasteiger partial charge is 0.158 e. The summed E-state index contributed by atoms with van der Waals surface area (Å²) in [6, 6.07) is 7.35. The summed E-state index contributed by atoms with van der Waals surface area (Å²) in [5, 5.41) is 4.38. The van der Waals surface area contributed by atoms with E-state index >= 15 is 0 Å². The predicted molar refractivity (Wildman–Crippen MR) is 63.2 cm³/mol. The zero-order valence-corrected chi connectivity index (χ0v) is 9.21. The molecule has 3 rings (SSSR count). The summed E-state index contributed by atoms with van der Waals surface area (Å²) in [7, 11) is 0. The van der Waals surface area contributed by atoms with Crippen LogP contribution in [0.25, 0.3) is 17.1 Å². The molecule has 0 aliphatic carbocycles. The number of furan rings is 1. The van der Waals surface area contributed by atoms with E-state index in [1.165, 1.54) is 0 Å². The molecule has 0 atom stereocenters. The summed E-state index contributed by atoms with van der Waals surface area (Å²) >= 11 is 0. The van der Waals surface area contributed by atoms with E-state index in [-0.39, 0.29) is 0 Å². The van der Waals surface area contributed by atoms with Crippen LogP contribution in [0.3, 0.4) is 0 Å². The highest BCUT2D eigenvalue weighted by Gasteiger charge is 2.10. The Kier molecular flexibility index (Phi) is 2.09. The van der Waals surface area contributed by atoms with Crippen molar-refractivity contribution in [1.82, 2.24) is 14.6 Å². The van der Waals surface area contributed by atoms with Gasteiger partial charge in [-0.1, -0.05) is 0 Å². The van der Waals surface area contributed by atoms with Gasteiger partial charge in [0.2, 0.25) is 0 Å². The first-order chi connectivity index (χ1) is 8.28. The van der Waals surface area contributed by atoms with Gasteiger partial charge in [0, 0.05) is 17.8 Å². The first kappa shape index (κ1) is 9.86. The summed E-state index contributed by atoms with van der Waals surface area (Å²) in [5.41, 5.74) is 4.92. The lowest BCUT2D eigenvalue weighted by Gasteiger charge is -2.03. The van der Waals surface area contributed by atoms with E-state index in [1.807, 2.05) is 31.2 Å². The summed E-state index contributed by atoms with van der Waals surface area (Å²) in [6.07, 6.45) is 1.61. The van der Waals surface area contributed by atoms with Crippen molar-refractivity contribution in [2.24, 2.45) is 5.84 Å². The molecule has 0 bridgehead atoms. The number of hydrazine groups is 1. The number of nitrogen functional groups attached to an aromatic ring is 1. The molecule has 6 nitrogen and oxygen atoms in total. The van der Waals surface area contributed by atoms with E-state index in [0.29, 0.717) is 11.6 Å². The topological polar surface area (TPSA) is 81.4 Å². The molecule has 0 aromatic carbocycles. The molecule has 86 valence electrons. The van der Waals surface area contributed by atoms with E-state index in [0.717, 1.165) is 17.0 Å². The van der Waals surface area contributed by atoms with Crippen molar-refractivity contribution in [2.75, 3.05) is 5.43 Å². The molecule has 3 aromatic rings. The maximum Gasteiger partial charge on any atom is 0.158 e. The second-order valence-electron chi connectivity index (χ2n) is 3.70. The first-order valence-electron chi connectivity index (χ1n) is 5.16. The second kappa shape index (κ2) is 3.60. The minimum Gasteiger partial charge on any atom is -0.463 e. The fraction of sp³-hybridized carbons (Fsp3) is 0.0909. The SMILES string of the molecule is Cc1cc(NN)n2nc(-c3ccco3)cc2n1. The minimum atomic E-state index is 0.685. The van der Waals surface area contributed by atoms with E-state index in [4.69, 9.17) is 10.3 Å². The zero-order chi connectivity index (χ0) is 11.8. The van der Waals surface area contributed by atoms with Gasteiger partial charge < -0.3 is 9.84 Å². The molecular formula is C11H11N5O. The Bertz CT molecular complexity index is 656. The number of hydrogen-bond acceptors (Lipinski definition) is 5. The third-order valence-electron chi connectivity index (χ3n) is 2.48. The average molecular weight is 229 g/mol. The lowest BCUT2D eigenvalue weighted by Crippen LogP contribution is -2.12. The van der Waals surface area contributed by atoms with E-state index < -0.39 is 0 Å². The molecule has 0 amide bonds. The highest BCUT2D eigenvalue weighted by atomic mass is 16.3. The van der Waals surface area contributed by atoms with Gasteiger partial charge >= 0.3 is 0 Å². The van der Waals surface area contributed by atoms with E-state index in [1.54, 1.807) is 10.8 Å². The van der Waals surface area contributed by atoms with Crippen molar-refractivity contribution in [2.45, 2.75) is 6.92 Å². The largest absolute Gasteiger partial charge is 0.463 e. The Morgan fingerprint density at radius 1 is 1.41 bits per heavy atom. The van der Waals surface area contributed by atoms with Crippen LogP contribution in [0.2, 0.25) is 0 Å². The number of hydrogen-bond donors (Lipinski definition) is 2. The number of aromatic nitrogens is 3. The number of rotatable bonds is 2. The molecule has 3 heterocycles. The van der Waals surface area contributed by atoms with Crippen LogP contribution in [-0.4, -0.2) is 14.6 Å². The van der Waals surface area contributed by atoms with Gasteiger partial charge in [-0.25, -0.2) is 10.8 Å². The molecular weight excluding hydrogens is 218 g/mol. The lowest BCUT2D eigenvalue weighted by molar-refractivity contribution is 0.579. The van der Waals surface area contributed by atoms with Crippen molar-refractivity contribution in [1.29, 1.82) is 0 Å². The van der Waals surface area contributed by atoms with Crippen LogP contribution in [0.15, 0.2) is 34.9 Å². The van der Waals surface area contributed by atoms with Crippen LogP contribution in [0.4, 0.5) is 5.82 Å². The molecule has 0 saturated carbocycles. The summed E-state index contributed by atoms with van der Waals surface area (Å²) in [5.74, 6) is 6.84. The van der Waals surface area contributed by atoms with Crippen molar-refractivity contribution < 1.29 is 4.42 Å². The highest BCUT2D eigenvalue weighted by Crippen LogP contribution is 2.21. The average Bonchev–Trinajstić information content (AvgIpc) is 2.95. The fourth-order valence-electron chi connectivity index (χ4n) is 1.75. The second-order valence-corrected chi connectivity index (χ2v) is 3.70. The minimum absolute atomic E-state index is 0.685. The van der Waals surface area contributed by atoms with Crippen LogP contribution < -0.4 is 11.3 Å². The Morgan fingerprint density at radius 3 is 3.00 bits per heavy atom. The van der Waals surface area contributed by atoms with E-state index in [9.17, 15) is 0 Å². The lowest BCUT2D eigenvalue weighted by atomic mass is 10.3. The molecule has 6 heteroatoms. The number of nitrogens with zero attached hydrogens (tertiary/aromatic N) is 3. The van der Waals surface area contributed by atoms with Crippen LogP contribution in [-0.2, 0) is 0 Å². The van der Waals surface area contributed by atoms with Crippen molar-refractivity contribution >= 4 is 11.5 Å². The van der Waals surface area contributed by atoms with Crippen molar-refractivity contribution in [3.63, 3.8) is 0 Å². The van der Waals surface area contributed by atoms with Gasteiger partial charge in [0.05, 0.1) is 6.26 Å². The summed E-state index contributed by atoms with van der Waals surface area (Å²) in [4.78, 5) is 4.38. The molecule has 0 spiro atoms. The predicted octanol–water partition coefficient (Wildman–Crippen LogP) is 1.58. The van der Waals surface area contributed by atoms with Crippen LogP contribution in [0.5, 0.6) is 0 Å². The monoisotopic (exact) mass is 229 g/mol. The van der Waals surface area contributed by atoms with Gasteiger partial charge in [-0.15, -0.1) is 0 Å². The summed E-state index contributed by atoms with van der Waals surface area (Å²) < 4.78 is 6.94. The van der Waals surface area contributed by atoms with Crippen molar-refractivity contribution in [3.05, 3.63) is 36.2 Å². The van der Waals surface area contributed by atoms with Gasteiger partial charge in [0.15, 0.2) is 11.4 Å². The molecule has 17 heavy (non-hydrogen) atoms. The van der Waals surface area contributed by atoms with Gasteiger partial charge in [-0.3, -0.25) is 0 Å². The maximum atomic E-state index is 5.45. The van der Waals surface area contributed by atoms with Gasteiger partial charge in [-0.2, -0.15) is 9.61 Å². The molecule has 0 aliphatic rings. The number of nitrogens with two attached hydrogens (primary N) is 1. The molecule has 0 fully saturated rings. The molecule has 3 aromatic heterocycles. The molecule has 0 saturated heterocycles. The van der Waals surface area contributed by atoms with Gasteiger partial charge in [0.25, 0.3) is 0 Å². The number of nitrogens with one attached hydrogen (secondary N) is 1. The zero-order valence-electron chi connectivity index (χ0n) is 9.21. The molecule has 0 aliphatic heterocycles. The highest BCUT2D eigenvalue weighted by molar-refractivity contribution is 5.61. The summed E-state index contributed by atoms with van der Waals surface area (Å²) in [6.45, 7) is 1.90. The quantitative estimate of drug-likeness (QED) is 0.515. The van der Waals surface area contributed by atoms with Crippen molar-refractivity contribution in [3.8, 4) is 11.5 Å². The first-order valence-corrected chi connectivity index (χ1v) is 5.16. The Balaban J connectivity index is 2.25. The van der Waals surface area contributed by atoms with Gasteiger partial charge in [-0.05, 0) is 19.1 Å². The number of anilines is 1. The molecule has 0 unspecified atom stereocenters. The molecule has 0 radical (unpaired) electrons. The normalized spacial score (nSPS) is 10.9.